The summed E-state index contributed by atoms with van der Waals surface area (Å²) in [4.78, 5) is 34.8. The number of nitrogens with zero attached hydrogens (tertiary/aromatic N) is 3. The number of halogens is 1. The minimum Gasteiger partial charge on any atom is -0.465 e. The van der Waals surface area contributed by atoms with Gasteiger partial charge in [0.05, 0.1) is 15.9 Å². The normalized spacial score (nSPS) is 22.4. The average Bonchev–Trinajstić information content (AvgIpc) is 3.04. The molecule has 8 heteroatoms. The predicted molar refractivity (Wildman–Crippen MR) is 94.0 cm³/mol. The third-order valence-corrected chi connectivity index (χ3v) is 4.83. The molecule has 3 atom stereocenters. The number of imidazole rings is 1. The molecule has 2 heterocycles. The summed E-state index contributed by atoms with van der Waals surface area (Å²) < 4.78 is 0.924. The van der Waals surface area contributed by atoms with E-state index in [-0.39, 0.29) is 17.9 Å². The summed E-state index contributed by atoms with van der Waals surface area (Å²) >= 11 is 2.15. The minimum absolute atomic E-state index is 0.100. The molecule has 1 aromatic rings. The lowest BCUT2D eigenvalue weighted by molar-refractivity contribution is -0.138. The molecule has 128 valence electrons. The summed E-state index contributed by atoms with van der Waals surface area (Å²) in [6, 6.07) is -0.807. The molecule has 0 aliphatic carbocycles. The number of nitrogens with one attached hydrogen (secondary N) is 1. The van der Waals surface area contributed by atoms with Crippen molar-refractivity contribution in [2.75, 3.05) is 13.6 Å². The highest BCUT2D eigenvalue weighted by molar-refractivity contribution is 14.1. The number of amides is 2. The van der Waals surface area contributed by atoms with Gasteiger partial charge in [0.1, 0.15) is 11.9 Å². The van der Waals surface area contributed by atoms with E-state index in [9.17, 15) is 14.7 Å². The maximum absolute atomic E-state index is 13.0. The zero-order valence-corrected chi connectivity index (χ0v) is 15.9. The second-order valence-corrected chi connectivity index (χ2v) is 7.71. The fourth-order valence-electron chi connectivity index (χ4n) is 3.22. The van der Waals surface area contributed by atoms with Crippen molar-refractivity contribution in [1.29, 1.82) is 0 Å². The van der Waals surface area contributed by atoms with Gasteiger partial charge >= 0.3 is 6.09 Å². The van der Waals surface area contributed by atoms with Crippen LogP contribution in [-0.2, 0) is 4.79 Å². The van der Waals surface area contributed by atoms with E-state index in [4.69, 9.17) is 0 Å². The van der Waals surface area contributed by atoms with Gasteiger partial charge in [-0.25, -0.2) is 9.78 Å². The molecular formula is C15H23IN4O3. The molecule has 1 aliphatic rings. The number of H-pyrrole nitrogens is 1. The second kappa shape index (κ2) is 7.06. The molecule has 0 bridgehead atoms. The smallest absolute Gasteiger partial charge is 0.407 e. The van der Waals surface area contributed by atoms with Crippen molar-refractivity contribution in [3.63, 3.8) is 0 Å². The molecule has 1 aliphatic heterocycles. The van der Waals surface area contributed by atoms with E-state index in [1.165, 1.54) is 7.05 Å². The molecule has 1 fully saturated rings. The number of carbonyl (C=O) groups is 2. The number of carbonyl (C=O) groups excluding carboxylic acids is 1. The van der Waals surface area contributed by atoms with Gasteiger partial charge in [0.25, 0.3) is 0 Å². The number of likely N-dealkylation sites (tertiary alicyclic amines) is 1. The van der Waals surface area contributed by atoms with E-state index < -0.39 is 12.1 Å². The first kappa shape index (κ1) is 18.0. The third kappa shape index (κ3) is 3.78. The Morgan fingerprint density at radius 1 is 1.52 bits per heavy atom. The molecule has 0 radical (unpaired) electrons. The molecule has 0 saturated carbocycles. The van der Waals surface area contributed by atoms with Crippen LogP contribution in [0.25, 0.3) is 0 Å². The van der Waals surface area contributed by atoms with Crippen molar-refractivity contribution in [2.24, 2.45) is 11.8 Å². The van der Waals surface area contributed by atoms with Gasteiger partial charge in [-0.3, -0.25) is 9.69 Å². The van der Waals surface area contributed by atoms with Crippen molar-refractivity contribution in [2.45, 2.75) is 39.3 Å². The van der Waals surface area contributed by atoms with Crippen LogP contribution in [0.3, 0.4) is 0 Å². The van der Waals surface area contributed by atoms with Crippen LogP contribution in [0.1, 0.15) is 39.1 Å². The minimum atomic E-state index is -1.09. The number of hydrogen-bond donors (Lipinski definition) is 2. The number of carboxylic acid groups (broad SMARTS) is 1. The summed E-state index contributed by atoms with van der Waals surface area (Å²) in [5.74, 6) is 0.879. The molecule has 2 rings (SSSR count). The number of rotatable bonds is 4. The van der Waals surface area contributed by atoms with E-state index in [1.807, 2.05) is 13.8 Å². The Kier molecular flexibility index (Phi) is 5.53. The molecular weight excluding hydrogens is 411 g/mol. The molecule has 0 unspecified atom stereocenters. The lowest BCUT2D eigenvalue weighted by Gasteiger charge is -2.33. The van der Waals surface area contributed by atoms with E-state index in [0.29, 0.717) is 12.5 Å². The highest BCUT2D eigenvalue weighted by atomic mass is 127. The maximum Gasteiger partial charge on any atom is 0.407 e. The van der Waals surface area contributed by atoms with Gasteiger partial charge in [-0.15, -0.1) is 0 Å². The molecule has 1 aromatic heterocycles. The molecule has 0 aromatic carbocycles. The van der Waals surface area contributed by atoms with E-state index in [0.717, 1.165) is 20.8 Å². The summed E-state index contributed by atoms with van der Waals surface area (Å²) in [6.45, 7) is 6.45. The Balaban J connectivity index is 2.29. The van der Waals surface area contributed by atoms with Gasteiger partial charge in [-0.1, -0.05) is 20.8 Å². The maximum atomic E-state index is 13.0. The van der Waals surface area contributed by atoms with Crippen LogP contribution in [-0.4, -0.2) is 56.5 Å². The number of aromatic nitrogens is 2. The summed E-state index contributed by atoms with van der Waals surface area (Å²) in [6.07, 6.45) is 1.48. The molecule has 7 nitrogen and oxygen atoms in total. The SMILES string of the molecule is CC(C)[C@@H](C(=O)N1C[C@H](C)C[C@H]1c1ncc(I)[nH]1)N(C)C(=O)O. The van der Waals surface area contributed by atoms with Crippen LogP contribution >= 0.6 is 22.6 Å². The first-order valence-corrected chi connectivity index (χ1v) is 8.76. The van der Waals surface area contributed by atoms with Gasteiger partial charge in [-0.2, -0.15) is 0 Å². The molecule has 1 saturated heterocycles. The fraction of sp³-hybridized carbons (Fsp3) is 0.667. The average molecular weight is 434 g/mol. The highest BCUT2D eigenvalue weighted by Gasteiger charge is 2.41. The zero-order chi connectivity index (χ0) is 17.3. The molecule has 2 N–H and O–H groups in total. The zero-order valence-electron chi connectivity index (χ0n) is 13.8. The topological polar surface area (TPSA) is 89.5 Å². The lowest BCUT2D eigenvalue weighted by Crippen LogP contribution is -2.51. The first-order valence-electron chi connectivity index (χ1n) is 7.69. The van der Waals surface area contributed by atoms with E-state index >= 15 is 0 Å². The van der Waals surface area contributed by atoms with Crippen molar-refractivity contribution >= 4 is 34.6 Å². The largest absolute Gasteiger partial charge is 0.465 e. The van der Waals surface area contributed by atoms with Gasteiger partial charge in [0, 0.05) is 13.6 Å². The van der Waals surface area contributed by atoms with Crippen LogP contribution in [0, 0.1) is 15.5 Å². The lowest BCUT2D eigenvalue weighted by atomic mass is 10.0. The van der Waals surface area contributed by atoms with Crippen molar-refractivity contribution in [1.82, 2.24) is 19.8 Å². The Labute approximate surface area is 149 Å². The summed E-state index contributed by atoms with van der Waals surface area (Å²) in [7, 11) is 1.45. The fourth-order valence-corrected chi connectivity index (χ4v) is 3.63. The predicted octanol–water partition coefficient (Wildman–Crippen LogP) is 2.56. The quantitative estimate of drug-likeness (QED) is 0.713. The Morgan fingerprint density at radius 3 is 2.65 bits per heavy atom. The van der Waals surface area contributed by atoms with Crippen molar-refractivity contribution in [3.05, 3.63) is 15.7 Å². The van der Waals surface area contributed by atoms with Crippen LogP contribution in [0.5, 0.6) is 0 Å². The second-order valence-electron chi connectivity index (χ2n) is 6.55. The van der Waals surface area contributed by atoms with Crippen molar-refractivity contribution in [3.8, 4) is 0 Å². The third-order valence-electron chi connectivity index (χ3n) is 4.28. The van der Waals surface area contributed by atoms with Crippen molar-refractivity contribution < 1.29 is 14.7 Å². The van der Waals surface area contributed by atoms with Gasteiger partial charge in [0.2, 0.25) is 5.91 Å². The van der Waals surface area contributed by atoms with Crippen LogP contribution in [0.2, 0.25) is 0 Å². The monoisotopic (exact) mass is 434 g/mol. The van der Waals surface area contributed by atoms with Gasteiger partial charge in [-0.05, 0) is 40.8 Å². The molecule has 0 spiro atoms. The van der Waals surface area contributed by atoms with Gasteiger partial charge < -0.3 is 15.0 Å². The molecule has 2 amide bonds. The Bertz CT molecular complexity index is 589. The Hall–Kier alpha value is -1.32. The number of likely N-dealkylation sites (N-methyl/N-ethyl adjacent to an activating group) is 1. The van der Waals surface area contributed by atoms with Crippen LogP contribution in [0.4, 0.5) is 4.79 Å². The summed E-state index contributed by atoms with van der Waals surface area (Å²) in [5, 5.41) is 9.27. The van der Waals surface area contributed by atoms with Gasteiger partial charge in [0.15, 0.2) is 0 Å². The highest BCUT2D eigenvalue weighted by Crippen LogP contribution is 2.35. The Morgan fingerprint density at radius 2 is 2.17 bits per heavy atom. The van der Waals surface area contributed by atoms with E-state index in [1.54, 1.807) is 11.1 Å². The number of aromatic amines is 1. The van der Waals surface area contributed by atoms with Crippen LogP contribution < -0.4 is 0 Å². The van der Waals surface area contributed by atoms with E-state index in [2.05, 4.69) is 39.5 Å². The number of hydrogen-bond acceptors (Lipinski definition) is 3. The first-order chi connectivity index (χ1) is 10.7. The molecule has 23 heavy (non-hydrogen) atoms. The standard InChI is InChI=1S/C15H23IN4O3/c1-8(2)12(19(4)15(22)23)14(21)20-7-9(3)5-10(20)13-17-6-11(16)18-13/h6,8-10,12H,5,7H2,1-4H3,(H,17,18)(H,22,23)/t9-,10+,12+/m1/s1. The van der Waals surface area contributed by atoms with Crippen LogP contribution in [0.15, 0.2) is 6.20 Å². The summed E-state index contributed by atoms with van der Waals surface area (Å²) in [5.41, 5.74) is 0.